The summed E-state index contributed by atoms with van der Waals surface area (Å²) in [5.41, 5.74) is 7.86. The fourth-order valence-corrected chi connectivity index (χ4v) is 3.22. The molecule has 1 aromatic heterocycles. The highest BCUT2D eigenvalue weighted by atomic mass is 32.1. The lowest BCUT2D eigenvalue weighted by molar-refractivity contribution is -0.121. The van der Waals surface area contributed by atoms with Crippen LogP contribution in [0.2, 0.25) is 0 Å². The summed E-state index contributed by atoms with van der Waals surface area (Å²) in [6.07, 6.45) is 0.0110. The Bertz CT molecular complexity index is 651. The molecule has 2 N–H and O–H groups in total. The minimum atomic E-state index is -0.561. The van der Waals surface area contributed by atoms with Crippen molar-refractivity contribution < 1.29 is 14.3 Å². The Labute approximate surface area is 120 Å². The molecule has 20 heavy (non-hydrogen) atoms. The van der Waals surface area contributed by atoms with Crippen LogP contribution in [0, 0.1) is 0 Å². The van der Waals surface area contributed by atoms with Gasteiger partial charge in [0.15, 0.2) is 0 Å². The number of nitrogens with two attached hydrogens (primary N) is 1. The Balaban J connectivity index is 1.84. The number of carbonyl (C=O) groups is 2. The third-order valence-electron chi connectivity index (χ3n) is 3.50. The van der Waals surface area contributed by atoms with Crippen molar-refractivity contribution in [2.24, 2.45) is 5.73 Å². The number of rotatable bonds is 3. The minimum Gasteiger partial charge on any atom is -0.457 e. The molecule has 4 nitrogen and oxygen atoms in total. The van der Waals surface area contributed by atoms with Gasteiger partial charge in [-0.25, -0.2) is 4.79 Å². The maximum atomic E-state index is 12.0. The summed E-state index contributed by atoms with van der Waals surface area (Å²) in [5, 5.41) is 3.54. The molecule has 2 aromatic rings. The van der Waals surface area contributed by atoms with E-state index in [0.29, 0.717) is 12.0 Å². The lowest BCUT2D eigenvalue weighted by Gasteiger charge is -2.17. The standard InChI is InChI=1S/C15H13NO3S/c16-14(17)13-11-4-2-1-3-9(11)7-12(13)19-15(18)10-5-6-20-8-10/h1-6,8,12-13H,7H2,(H2,16,17). The number of benzene rings is 1. The SMILES string of the molecule is NC(=O)C1c2ccccc2CC1OC(=O)c1ccsc1. The number of thiophene rings is 1. The van der Waals surface area contributed by atoms with Crippen LogP contribution in [0.15, 0.2) is 41.1 Å². The van der Waals surface area contributed by atoms with E-state index in [1.807, 2.05) is 29.6 Å². The summed E-state index contributed by atoms with van der Waals surface area (Å²) in [6.45, 7) is 0. The van der Waals surface area contributed by atoms with E-state index in [9.17, 15) is 9.59 Å². The molecule has 1 heterocycles. The predicted molar refractivity (Wildman–Crippen MR) is 75.6 cm³/mol. The summed E-state index contributed by atoms with van der Waals surface area (Å²) >= 11 is 1.43. The topological polar surface area (TPSA) is 69.4 Å². The van der Waals surface area contributed by atoms with Crippen molar-refractivity contribution in [1.82, 2.24) is 0 Å². The zero-order chi connectivity index (χ0) is 14.1. The molecule has 0 bridgehead atoms. The van der Waals surface area contributed by atoms with Crippen molar-refractivity contribution in [3.05, 3.63) is 57.8 Å². The molecule has 0 saturated carbocycles. The molecular formula is C15H13NO3S. The van der Waals surface area contributed by atoms with Gasteiger partial charge in [-0.3, -0.25) is 4.79 Å². The number of hydrogen-bond donors (Lipinski definition) is 1. The first-order valence-electron chi connectivity index (χ1n) is 6.27. The molecule has 1 aliphatic carbocycles. The van der Waals surface area contributed by atoms with Crippen molar-refractivity contribution >= 4 is 23.2 Å². The zero-order valence-corrected chi connectivity index (χ0v) is 11.4. The average Bonchev–Trinajstić information content (AvgIpc) is 3.05. The first-order chi connectivity index (χ1) is 9.66. The molecule has 1 aromatic carbocycles. The fourth-order valence-electron chi connectivity index (χ4n) is 2.59. The van der Waals surface area contributed by atoms with E-state index in [-0.39, 0.29) is 0 Å². The van der Waals surface area contributed by atoms with Gasteiger partial charge in [0.1, 0.15) is 12.0 Å². The summed E-state index contributed by atoms with van der Waals surface area (Å²) in [6, 6.07) is 9.26. The summed E-state index contributed by atoms with van der Waals surface area (Å²) in [7, 11) is 0. The predicted octanol–water partition coefficient (Wildman–Crippen LogP) is 2.10. The maximum absolute atomic E-state index is 12.0. The molecule has 102 valence electrons. The van der Waals surface area contributed by atoms with E-state index in [4.69, 9.17) is 10.5 Å². The third-order valence-corrected chi connectivity index (χ3v) is 4.19. The van der Waals surface area contributed by atoms with Gasteiger partial charge in [-0.15, -0.1) is 0 Å². The van der Waals surface area contributed by atoms with Crippen molar-refractivity contribution in [2.45, 2.75) is 18.4 Å². The third kappa shape index (κ3) is 2.20. The van der Waals surface area contributed by atoms with Crippen LogP contribution in [-0.4, -0.2) is 18.0 Å². The normalized spacial score (nSPS) is 20.4. The van der Waals surface area contributed by atoms with Crippen LogP contribution in [0.3, 0.4) is 0 Å². The smallest absolute Gasteiger partial charge is 0.339 e. The Morgan fingerprint density at radius 3 is 2.75 bits per heavy atom. The maximum Gasteiger partial charge on any atom is 0.339 e. The Hall–Kier alpha value is -2.14. The summed E-state index contributed by atoms with van der Waals surface area (Å²) in [5.74, 6) is -1.43. The van der Waals surface area contributed by atoms with Gasteiger partial charge in [0.25, 0.3) is 0 Å². The van der Waals surface area contributed by atoms with E-state index in [1.165, 1.54) is 11.3 Å². The second kappa shape index (κ2) is 5.09. The van der Waals surface area contributed by atoms with Crippen LogP contribution in [0.25, 0.3) is 0 Å². The van der Waals surface area contributed by atoms with Gasteiger partial charge in [-0.1, -0.05) is 24.3 Å². The molecule has 0 saturated heterocycles. The highest BCUT2D eigenvalue weighted by Crippen LogP contribution is 2.35. The first kappa shape index (κ1) is 12.9. The quantitative estimate of drug-likeness (QED) is 0.879. The zero-order valence-electron chi connectivity index (χ0n) is 10.6. The Morgan fingerprint density at radius 2 is 2.05 bits per heavy atom. The monoisotopic (exact) mass is 287 g/mol. The van der Waals surface area contributed by atoms with Crippen LogP contribution in [0.5, 0.6) is 0 Å². The lowest BCUT2D eigenvalue weighted by Crippen LogP contribution is -2.32. The molecule has 0 fully saturated rings. The molecule has 2 atom stereocenters. The number of hydrogen-bond acceptors (Lipinski definition) is 4. The van der Waals surface area contributed by atoms with Gasteiger partial charge in [-0.2, -0.15) is 11.3 Å². The number of primary amides is 1. The summed E-state index contributed by atoms with van der Waals surface area (Å²) in [4.78, 5) is 23.7. The van der Waals surface area contributed by atoms with E-state index >= 15 is 0 Å². The van der Waals surface area contributed by atoms with Crippen molar-refractivity contribution in [2.75, 3.05) is 0 Å². The van der Waals surface area contributed by atoms with Gasteiger partial charge < -0.3 is 10.5 Å². The molecule has 1 amide bonds. The van der Waals surface area contributed by atoms with E-state index in [1.54, 1.807) is 11.4 Å². The molecule has 2 unspecified atom stereocenters. The highest BCUT2D eigenvalue weighted by molar-refractivity contribution is 7.08. The van der Waals surface area contributed by atoms with Gasteiger partial charge in [0.05, 0.1) is 5.56 Å². The van der Waals surface area contributed by atoms with Crippen LogP contribution >= 0.6 is 11.3 Å². The van der Waals surface area contributed by atoms with Crippen LogP contribution in [-0.2, 0) is 16.0 Å². The van der Waals surface area contributed by atoms with Gasteiger partial charge in [0.2, 0.25) is 5.91 Å². The Kier molecular flexibility index (Phi) is 3.28. The largest absolute Gasteiger partial charge is 0.457 e. The second-order valence-electron chi connectivity index (χ2n) is 4.74. The van der Waals surface area contributed by atoms with Crippen molar-refractivity contribution in [1.29, 1.82) is 0 Å². The number of esters is 1. The van der Waals surface area contributed by atoms with Crippen LogP contribution in [0.1, 0.15) is 27.4 Å². The highest BCUT2D eigenvalue weighted by Gasteiger charge is 2.38. The fraction of sp³-hybridized carbons (Fsp3) is 0.200. The molecule has 0 spiro atoms. The summed E-state index contributed by atoms with van der Waals surface area (Å²) < 4.78 is 5.48. The molecule has 1 aliphatic rings. The molecule has 0 aliphatic heterocycles. The second-order valence-corrected chi connectivity index (χ2v) is 5.52. The van der Waals surface area contributed by atoms with Gasteiger partial charge in [0, 0.05) is 11.8 Å². The van der Waals surface area contributed by atoms with Crippen LogP contribution < -0.4 is 5.73 Å². The molecular weight excluding hydrogens is 274 g/mol. The van der Waals surface area contributed by atoms with Crippen molar-refractivity contribution in [3.63, 3.8) is 0 Å². The molecule has 3 rings (SSSR count). The van der Waals surface area contributed by atoms with Gasteiger partial charge in [-0.05, 0) is 22.6 Å². The molecule has 0 radical (unpaired) electrons. The Morgan fingerprint density at radius 1 is 1.25 bits per heavy atom. The van der Waals surface area contributed by atoms with E-state index in [0.717, 1.165) is 11.1 Å². The van der Waals surface area contributed by atoms with Crippen LogP contribution in [0.4, 0.5) is 0 Å². The first-order valence-corrected chi connectivity index (χ1v) is 7.21. The minimum absolute atomic E-state index is 0.407. The van der Waals surface area contributed by atoms with E-state index < -0.39 is 23.9 Å². The van der Waals surface area contributed by atoms with E-state index in [2.05, 4.69) is 0 Å². The van der Waals surface area contributed by atoms with Crippen molar-refractivity contribution in [3.8, 4) is 0 Å². The average molecular weight is 287 g/mol. The van der Waals surface area contributed by atoms with Gasteiger partial charge >= 0.3 is 5.97 Å². The number of amides is 1. The number of ether oxygens (including phenoxy) is 1. The number of carbonyl (C=O) groups excluding carboxylic acids is 2. The molecule has 5 heteroatoms. The number of fused-ring (bicyclic) bond motifs is 1. The lowest BCUT2D eigenvalue weighted by atomic mass is 9.99.